The summed E-state index contributed by atoms with van der Waals surface area (Å²) in [4.78, 5) is 5.13. The predicted molar refractivity (Wildman–Crippen MR) is 115 cm³/mol. The molecule has 1 atom stereocenters. The van der Waals surface area contributed by atoms with Crippen LogP contribution in [0.4, 0.5) is 0 Å². The van der Waals surface area contributed by atoms with Gasteiger partial charge in [-0.25, -0.2) is 13.4 Å². The fourth-order valence-corrected chi connectivity index (χ4v) is 5.84. The van der Waals surface area contributed by atoms with Gasteiger partial charge in [-0.1, -0.05) is 0 Å². The molecule has 2 saturated heterocycles. The number of ether oxygens (including phenoxy) is 2. The largest absolute Gasteiger partial charge is 0.379 e. The van der Waals surface area contributed by atoms with Crippen LogP contribution in [0.25, 0.3) is 22.4 Å². The minimum Gasteiger partial charge on any atom is -0.379 e. The van der Waals surface area contributed by atoms with Crippen molar-refractivity contribution >= 4 is 21.1 Å². The van der Waals surface area contributed by atoms with E-state index in [0.717, 1.165) is 42.0 Å². The standard InChI is InChI=1S/C21H27N5O4S/c1-15-18(14-24(2)23-15)21-22-19-12-17(31(27,28)25-7-10-29-11-8-25)5-6-20(19)26(21)13-16-4-3-9-30-16/h5-6,12,14,16H,3-4,7-11,13H2,1-2H3/t16-/m1/s1. The highest BCUT2D eigenvalue weighted by Gasteiger charge is 2.28. The summed E-state index contributed by atoms with van der Waals surface area (Å²) in [6.45, 7) is 4.99. The highest BCUT2D eigenvalue weighted by molar-refractivity contribution is 7.89. The van der Waals surface area contributed by atoms with E-state index >= 15 is 0 Å². The van der Waals surface area contributed by atoms with Crippen LogP contribution in [-0.2, 0) is 33.1 Å². The molecule has 2 aromatic heterocycles. The van der Waals surface area contributed by atoms with Gasteiger partial charge in [0, 0.05) is 32.9 Å². The van der Waals surface area contributed by atoms with Crippen molar-refractivity contribution in [2.45, 2.75) is 37.3 Å². The molecule has 5 rings (SSSR count). The van der Waals surface area contributed by atoms with Crippen molar-refractivity contribution in [3.8, 4) is 11.4 Å². The van der Waals surface area contributed by atoms with Crippen molar-refractivity contribution in [3.05, 3.63) is 30.1 Å². The SMILES string of the molecule is Cc1nn(C)cc1-c1nc2cc(S(=O)(=O)N3CCOCC3)ccc2n1C[C@H]1CCCO1. The smallest absolute Gasteiger partial charge is 0.243 e. The lowest BCUT2D eigenvalue weighted by Gasteiger charge is -2.26. The van der Waals surface area contributed by atoms with Crippen LogP contribution < -0.4 is 0 Å². The van der Waals surface area contributed by atoms with E-state index in [2.05, 4.69) is 9.67 Å². The quantitative estimate of drug-likeness (QED) is 0.596. The molecule has 9 nitrogen and oxygen atoms in total. The predicted octanol–water partition coefficient (Wildman–Crippen LogP) is 1.95. The monoisotopic (exact) mass is 445 g/mol. The fourth-order valence-electron chi connectivity index (χ4n) is 4.41. The molecule has 4 heterocycles. The van der Waals surface area contributed by atoms with Crippen molar-refractivity contribution in [2.24, 2.45) is 7.05 Å². The molecule has 2 aliphatic rings. The van der Waals surface area contributed by atoms with Crippen molar-refractivity contribution in [1.82, 2.24) is 23.6 Å². The summed E-state index contributed by atoms with van der Waals surface area (Å²) in [5.41, 5.74) is 3.38. The van der Waals surface area contributed by atoms with Gasteiger partial charge in [0.2, 0.25) is 10.0 Å². The number of sulfonamides is 1. The van der Waals surface area contributed by atoms with Gasteiger partial charge in [-0.15, -0.1) is 0 Å². The summed E-state index contributed by atoms with van der Waals surface area (Å²) in [7, 11) is -1.70. The van der Waals surface area contributed by atoms with Crippen LogP contribution in [0.5, 0.6) is 0 Å². The lowest BCUT2D eigenvalue weighted by atomic mass is 10.2. The van der Waals surface area contributed by atoms with Gasteiger partial charge < -0.3 is 14.0 Å². The van der Waals surface area contributed by atoms with E-state index in [1.54, 1.807) is 16.8 Å². The molecule has 3 aromatic rings. The van der Waals surface area contributed by atoms with Crippen LogP contribution in [0.15, 0.2) is 29.3 Å². The van der Waals surface area contributed by atoms with Gasteiger partial charge in [0.05, 0.1) is 53.0 Å². The molecule has 2 aliphatic heterocycles. The second-order valence-electron chi connectivity index (χ2n) is 8.15. The maximum Gasteiger partial charge on any atom is 0.243 e. The first-order valence-corrected chi connectivity index (χ1v) is 12.1. The Hall–Kier alpha value is -2.27. The summed E-state index contributed by atoms with van der Waals surface area (Å²) in [6, 6.07) is 5.22. The maximum atomic E-state index is 13.1. The summed E-state index contributed by atoms with van der Waals surface area (Å²) < 4.78 is 42.8. The van der Waals surface area contributed by atoms with Gasteiger partial charge in [-0.05, 0) is 38.0 Å². The zero-order chi connectivity index (χ0) is 21.6. The third-order valence-corrected chi connectivity index (χ3v) is 7.89. The zero-order valence-electron chi connectivity index (χ0n) is 17.8. The number of imidazole rings is 1. The Morgan fingerprint density at radius 1 is 1.19 bits per heavy atom. The normalized spacial score (nSPS) is 20.6. The molecule has 2 fully saturated rings. The Morgan fingerprint density at radius 2 is 2.00 bits per heavy atom. The highest BCUT2D eigenvalue weighted by Crippen LogP contribution is 2.30. The summed E-state index contributed by atoms with van der Waals surface area (Å²) in [5, 5.41) is 4.47. The first kappa shape index (κ1) is 20.6. The number of benzene rings is 1. The minimum absolute atomic E-state index is 0.130. The van der Waals surface area contributed by atoms with Crippen LogP contribution in [0.2, 0.25) is 0 Å². The molecule has 1 aromatic carbocycles. The molecule has 0 spiro atoms. The first-order valence-electron chi connectivity index (χ1n) is 10.6. The van der Waals surface area contributed by atoms with Crippen molar-refractivity contribution in [2.75, 3.05) is 32.9 Å². The molecule has 0 aliphatic carbocycles. The van der Waals surface area contributed by atoms with Gasteiger partial charge in [0.25, 0.3) is 0 Å². The van der Waals surface area contributed by atoms with Crippen LogP contribution in [0, 0.1) is 6.92 Å². The molecule has 166 valence electrons. The number of rotatable bonds is 5. The molecule has 0 saturated carbocycles. The number of aryl methyl sites for hydroxylation is 2. The average molecular weight is 446 g/mol. The number of aromatic nitrogens is 4. The zero-order valence-corrected chi connectivity index (χ0v) is 18.6. The van der Waals surface area contributed by atoms with E-state index in [0.29, 0.717) is 38.4 Å². The number of fused-ring (bicyclic) bond motifs is 1. The second-order valence-corrected chi connectivity index (χ2v) is 10.1. The molecular formula is C21H27N5O4S. The Kier molecular flexibility index (Phi) is 5.33. The van der Waals surface area contributed by atoms with Crippen molar-refractivity contribution in [1.29, 1.82) is 0 Å². The van der Waals surface area contributed by atoms with Crippen LogP contribution in [-0.4, -0.2) is 71.1 Å². The van der Waals surface area contributed by atoms with Gasteiger partial charge in [-0.2, -0.15) is 9.40 Å². The number of hydrogen-bond donors (Lipinski definition) is 0. The summed E-state index contributed by atoms with van der Waals surface area (Å²) >= 11 is 0. The van der Waals surface area contributed by atoms with Gasteiger partial charge in [-0.3, -0.25) is 4.68 Å². The van der Waals surface area contributed by atoms with E-state index < -0.39 is 10.0 Å². The molecule has 0 unspecified atom stereocenters. The van der Waals surface area contributed by atoms with Gasteiger partial charge in [0.1, 0.15) is 5.82 Å². The van der Waals surface area contributed by atoms with Crippen molar-refractivity contribution in [3.63, 3.8) is 0 Å². The number of hydrogen-bond acceptors (Lipinski definition) is 6. The Balaban J connectivity index is 1.61. The Morgan fingerprint density at radius 3 is 2.68 bits per heavy atom. The molecule has 0 bridgehead atoms. The maximum absolute atomic E-state index is 13.1. The topological polar surface area (TPSA) is 91.5 Å². The summed E-state index contributed by atoms with van der Waals surface area (Å²) in [6.07, 6.45) is 4.15. The molecule has 0 amide bonds. The highest BCUT2D eigenvalue weighted by atomic mass is 32.2. The van der Waals surface area contributed by atoms with Gasteiger partial charge in [0.15, 0.2) is 0 Å². The Bertz CT molecular complexity index is 1200. The third kappa shape index (κ3) is 3.78. The fraction of sp³-hybridized carbons (Fsp3) is 0.524. The molecular weight excluding hydrogens is 418 g/mol. The van der Waals surface area contributed by atoms with E-state index in [1.165, 1.54) is 4.31 Å². The molecule has 10 heteroatoms. The lowest BCUT2D eigenvalue weighted by Crippen LogP contribution is -2.40. The third-order valence-electron chi connectivity index (χ3n) is 5.99. The molecule has 31 heavy (non-hydrogen) atoms. The first-order chi connectivity index (χ1) is 14.9. The molecule has 0 radical (unpaired) electrons. The van der Waals surface area contributed by atoms with E-state index in [9.17, 15) is 8.42 Å². The van der Waals surface area contributed by atoms with Gasteiger partial charge >= 0.3 is 0 Å². The van der Waals surface area contributed by atoms with E-state index in [-0.39, 0.29) is 11.0 Å². The average Bonchev–Trinajstić information content (AvgIpc) is 3.48. The van der Waals surface area contributed by atoms with E-state index in [1.807, 2.05) is 26.2 Å². The van der Waals surface area contributed by atoms with E-state index in [4.69, 9.17) is 14.5 Å². The van der Waals surface area contributed by atoms with Crippen LogP contribution in [0.3, 0.4) is 0 Å². The number of morpholine rings is 1. The second kappa shape index (κ2) is 8.01. The summed E-state index contributed by atoms with van der Waals surface area (Å²) in [5.74, 6) is 0.789. The lowest BCUT2D eigenvalue weighted by molar-refractivity contribution is 0.0730. The van der Waals surface area contributed by atoms with Crippen LogP contribution >= 0.6 is 0 Å². The Labute approximate surface area is 181 Å². The van der Waals surface area contributed by atoms with Crippen LogP contribution in [0.1, 0.15) is 18.5 Å². The number of nitrogens with zero attached hydrogens (tertiary/aromatic N) is 5. The molecule has 0 N–H and O–H groups in total. The van der Waals surface area contributed by atoms with Crippen molar-refractivity contribution < 1.29 is 17.9 Å². The minimum atomic E-state index is -3.59.